The van der Waals surface area contributed by atoms with Gasteiger partial charge >= 0.3 is 5.97 Å². The van der Waals surface area contributed by atoms with Crippen LogP contribution >= 0.6 is 22.6 Å². The molecular formula is C18H18IN3O3. The molecule has 1 aromatic carbocycles. The lowest BCUT2D eigenvalue weighted by atomic mass is 10.2. The van der Waals surface area contributed by atoms with E-state index in [9.17, 15) is 9.59 Å². The molecule has 1 aromatic heterocycles. The Balaban J connectivity index is 1.49. The number of aromatic nitrogens is 1. The number of aryl methyl sites for hydroxylation is 1. The number of amides is 1. The topological polar surface area (TPSA) is 80.3 Å². The molecule has 25 heavy (non-hydrogen) atoms. The van der Waals surface area contributed by atoms with Crippen molar-refractivity contribution in [1.29, 1.82) is 0 Å². The summed E-state index contributed by atoms with van der Waals surface area (Å²) in [6, 6.07) is 9.57. The van der Waals surface area contributed by atoms with E-state index in [0.717, 1.165) is 27.8 Å². The number of carbonyl (C=O) groups is 2. The molecule has 7 heteroatoms. The lowest BCUT2D eigenvalue weighted by Crippen LogP contribution is -2.21. The zero-order valence-electron chi connectivity index (χ0n) is 13.7. The molecule has 0 radical (unpaired) electrons. The second kappa shape index (κ2) is 7.81. The van der Waals surface area contributed by atoms with Gasteiger partial charge in [-0.15, -0.1) is 0 Å². The van der Waals surface area contributed by atoms with Gasteiger partial charge in [-0.2, -0.15) is 0 Å². The quantitative estimate of drug-likeness (QED) is 0.520. The molecule has 1 amide bonds. The highest BCUT2D eigenvalue weighted by atomic mass is 127. The maximum atomic E-state index is 12.0. The predicted octanol–water partition coefficient (Wildman–Crippen LogP) is 3.36. The molecule has 0 atom stereocenters. The zero-order chi connectivity index (χ0) is 17.8. The van der Waals surface area contributed by atoms with Crippen molar-refractivity contribution in [2.75, 3.05) is 17.2 Å². The lowest BCUT2D eigenvalue weighted by molar-refractivity contribution is -0.119. The molecule has 1 fully saturated rings. The van der Waals surface area contributed by atoms with Crippen molar-refractivity contribution in [3.8, 4) is 0 Å². The minimum Gasteiger partial charge on any atom is -0.452 e. The molecule has 0 bridgehead atoms. The highest BCUT2D eigenvalue weighted by Gasteiger charge is 2.21. The van der Waals surface area contributed by atoms with E-state index in [2.05, 4.69) is 38.2 Å². The van der Waals surface area contributed by atoms with E-state index in [0.29, 0.717) is 17.3 Å². The summed E-state index contributed by atoms with van der Waals surface area (Å²) < 4.78 is 6.14. The van der Waals surface area contributed by atoms with E-state index in [-0.39, 0.29) is 12.5 Å². The summed E-state index contributed by atoms with van der Waals surface area (Å²) in [7, 11) is 0. The van der Waals surface area contributed by atoms with Gasteiger partial charge in [-0.3, -0.25) is 4.79 Å². The normalized spacial score (nSPS) is 13.2. The van der Waals surface area contributed by atoms with Crippen molar-refractivity contribution in [2.24, 2.45) is 0 Å². The molecule has 6 nitrogen and oxygen atoms in total. The van der Waals surface area contributed by atoms with Gasteiger partial charge in [0.2, 0.25) is 0 Å². The van der Waals surface area contributed by atoms with Crippen molar-refractivity contribution >= 4 is 46.0 Å². The number of pyridine rings is 1. The molecule has 0 spiro atoms. The molecule has 2 aromatic rings. The Kier molecular flexibility index (Phi) is 5.52. The van der Waals surface area contributed by atoms with E-state index < -0.39 is 5.97 Å². The molecule has 0 aliphatic heterocycles. The largest absolute Gasteiger partial charge is 0.452 e. The van der Waals surface area contributed by atoms with Gasteiger partial charge in [0.25, 0.3) is 5.91 Å². The fraction of sp³-hybridized carbons (Fsp3) is 0.278. The molecule has 1 heterocycles. The number of nitrogens with zero attached hydrogens (tertiary/aromatic N) is 1. The number of hydrogen-bond donors (Lipinski definition) is 2. The van der Waals surface area contributed by atoms with Crippen molar-refractivity contribution in [2.45, 2.75) is 25.8 Å². The van der Waals surface area contributed by atoms with E-state index in [1.807, 2.05) is 25.1 Å². The van der Waals surface area contributed by atoms with Gasteiger partial charge in [-0.1, -0.05) is 0 Å². The Morgan fingerprint density at radius 2 is 2.08 bits per heavy atom. The van der Waals surface area contributed by atoms with E-state index in [1.54, 1.807) is 12.1 Å². The number of hydrogen-bond acceptors (Lipinski definition) is 5. The third-order valence-electron chi connectivity index (χ3n) is 3.73. The number of halogens is 1. The zero-order valence-corrected chi connectivity index (χ0v) is 15.9. The number of esters is 1. The standard InChI is InChI=1S/C18H18IN3O3/c1-11-8-13(19)3-6-15(11)22-17(23)10-25-18(24)12-2-7-16(20-9-12)21-14-4-5-14/h2-3,6-9,14H,4-5,10H2,1H3,(H,20,21)(H,22,23). The number of anilines is 2. The lowest BCUT2D eigenvalue weighted by Gasteiger charge is -2.09. The van der Waals surface area contributed by atoms with Gasteiger partial charge in [0.1, 0.15) is 5.82 Å². The van der Waals surface area contributed by atoms with Crippen molar-refractivity contribution in [3.05, 3.63) is 51.2 Å². The molecule has 130 valence electrons. The highest BCUT2D eigenvalue weighted by molar-refractivity contribution is 14.1. The number of rotatable bonds is 6. The van der Waals surface area contributed by atoms with Crippen LogP contribution in [0.25, 0.3) is 0 Å². The van der Waals surface area contributed by atoms with Crippen LogP contribution in [-0.4, -0.2) is 29.5 Å². The molecule has 0 saturated heterocycles. The molecule has 3 rings (SSSR count). The van der Waals surface area contributed by atoms with Crippen LogP contribution in [0.4, 0.5) is 11.5 Å². The van der Waals surface area contributed by atoms with Gasteiger partial charge in [-0.25, -0.2) is 9.78 Å². The second-order valence-corrected chi connectivity index (χ2v) is 7.18. The average Bonchev–Trinajstić information content (AvgIpc) is 3.40. The van der Waals surface area contributed by atoms with Crippen LogP contribution in [0.1, 0.15) is 28.8 Å². The van der Waals surface area contributed by atoms with E-state index in [1.165, 1.54) is 6.20 Å². The van der Waals surface area contributed by atoms with Gasteiger partial charge in [-0.05, 0) is 78.3 Å². The first-order chi connectivity index (χ1) is 12.0. The Labute approximate surface area is 159 Å². The summed E-state index contributed by atoms with van der Waals surface area (Å²) in [6.45, 7) is 1.57. The predicted molar refractivity (Wildman–Crippen MR) is 104 cm³/mol. The second-order valence-electron chi connectivity index (χ2n) is 5.93. The fourth-order valence-corrected chi connectivity index (χ4v) is 2.85. The van der Waals surface area contributed by atoms with Crippen LogP contribution in [0.3, 0.4) is 0 Å². The maximum Gasteiger partial charge on any atom is 0.340 e. The average molecular weight is 451 g/mol. The first-order valence-electron chi connectivity index (χ1n) is 7.97. The van der Waals surface area contributed by atoms with Gasteiger partial charge in [0.05, 0.1) is 5.56 Å². The molecule has 2 N–H and O–H groups in total. The molecular weight excluding hydrogens is 433 g/mol. The number of carbonyl (C=O) groups excluding carboxylic acids is 2. The fourth-order valence-electron chi connectivity index (χ4n) is 2.20. The number of ether oxygens (including phenoxy) is 1. The van der Waals surface area contributed by atoms with Crippen LogP contribution in [0.5, 0.6) is 0 Å². The molecule has 1 aliphatic rings. The van der Waals surface area contributed by atoms with E-state index in [4.69, 9.17) is 4.74 Å². The Hall–Kier alpha value is -2.16. The van der Waals surface area contributed by atoms with Gasteiger partial charge in [0.15, 0.2) is 6.61 Å². The van der Waals surface area contributed by atoms with Crippen LogP contribution < -0.4 is 10.6 Å². The summed E-state index contributed by atoms with van der Waals surface area (Å²) >= 11 is 2.21. The summed E-state index contributed by atoms with van der Waals surface area (Å²) in [6.07, 6.45) is 3.76. The first-order valence-corrected chi connectivity index (χ1v) is 9.05. The summed E-state index contributed by atoms with van der Waals surface area (Å²) in [5.41, 5.74) is 1.98. The first kappa shape index (κ1) is 17.7. The summed E-state index contributed by atoms with van der Waals surface area (Å²) in [5.74, 6) is -0.205. The van der Waals surface area contributed by atoms with E-state index >= 15 is 0 Å². The van der Waals surface area contributed by atoms with Gasteiger partial charge in [0, 0.05) is 21.5 Å². The minimum atomic E-state index is -0.569. The number of nitrogens with one attached hydrogen (secondary N) is 2. The third-order valence-corrected chi connectivity index (χ3v) is 4.40. The smallest absolute Gasteiger partial charge is 0.340 e. The molecule has 0 unspecified atom stereocenters. The van der Waals surface area contributed by atoms with Crippen molar-refractivity contribution < 1.29 is 14.3 Å². The van der Waals surface area contributed by atoms with Crippen LogP contribution in [0.15, 0.2) is 36.5 Å². The summed E-state index contributed by atoms with van der Waals surface area (Å²) in [5, 5.41) is 5.98. The van der Waals surface area contributed by atoms with Crippen LogP contribution in [0.2, 0.25) is 0 Å². The molecule has 1 aliphatic carbocycles. The third kappa shape index (κ3) is 5.15. The Bertz CT molecular complexity index is 789. The van der Waals surface area contributed by atoms with Crippen LogP contribution in [-0.2, 0) is 9.53 Å². The molecule has 1 saturated carbocycles. The summed E-state index contributed by atoms with van der Waals surface area (Å²) in [4.78, 5) is 28.1. The Morgan fingerprint density at radius 1 is 1.28 bits per heavy atom. The van der Waals surface area contributed by atoms with Crippen molar-refractivity contribution in [3.63, 3.8) is 0 Å². The highest BCUT2D eigenvalue weighted by Crippen LogP contribution is 2.23. The van der Waals surface area contributed by atoms with Gasteiger partial charge < -0.3 is 15.4 Å². The monoisotopic (exact) mass is 451 g/mol. The SMILES string of the molecule is Cc1cc(I)ccc1NC(=O)COC(=O)c1ccc(NC2CC2)nc1. The maximum absolute atomic E-state index is 12.0. The Morgan fingerprint density at radius 3 is 2.72 bits per heavy atom. The van der Waals surface area contributed by atoms with Crippen molar-refractivity contribution in [1.82, 2.24) is 4.98 Å². The van der Waals surface area contributed by atoms with Crippen LogP contribution in [0, 0.1) is 10.5 Å². The number of benzene rings is 1. The minimum absolute atomic E-state index is 0.319.